The zero-order valence-electron chi connectivity index (χ0n) is 10.7. The van der Waals surface area contributed by atoms with E-state index in [2.05, 4.69) is 17.0 Å². The molecule has 1 unspecified atom stereocenters. The second kappa shape index (κ2) is 5.11. The first-order chi connectivity index (χ1) is 9.22. The SMILES string of the molecule is NC1CN(Cc2ccccc2)Cc2ccc(F)cc21. The van der Waals surface area contributed by atoms with Gasteiger partial charge in [0.2, 0.25) is 0 Å². The fourth-order valence-corrected chi connectivity index (χ4v) is 2.70. The minimum atomic E-state index is -0.203. The molecule has 0 aliphatic carbocycles. The summed E-state index contributed by atoms with van der Waals surface area (Å²) in [6, 6.07) is 15.2. The Morgan fingerprint density at radius 1 is 1.16 bits per heavy atom. The van der Waals surface area contributed by atoms with Crippen LogP contribution in [-0.4, -0.2) is 11.4 Å². The maximum absolute atomic E-state index is 13.2. The Morgan fingerprint density at radius 2 is 1.95 bits per heavy atom. The van der Waals surface area contributed by atoms with Crippen LogP contribution in [0.4, 0.5) is 4.39 Å². The van der Waals surface area contributed by atoms with Gasteiger partial charge in [-0.15, -0.1) is 0 Å². The highest BCUT2D eigenvalue weighted by Crippen LogP contribution is 2.26. The third-order valence-corrected chi connectivity index (χ3v) is 3.61. The van der Waals surface area contributed by atoms with Crippen molar-refractivity contribution < 1.29 is 4.39 Å². The normalized spacial score (nSPS) is 19.2. The topological polar surface area (TPSA) is 29.3 Å². The van der Waals surface area contributed by atoms with Crippen molar-refractivity contribution in [2.24, 2.45) is 5.73 Å². The molecular formula is C16H17FN2. The van der Waals surface area contributed by atoms with Gasteiger partial charge < -0.3 is 5.73 Å². The molecule has 2 nitrogen and oxygen atoms in total. The molecule has 0 fully saturated rings. The maximum Gasteiger partial charge on any atom is 0.123 e. The monoisotopic (exact) mass is 256 g/mol. The van der Waals surface area contributed by atoms with Gasteiger partial charge in [0.1, 0.15) is 5.82 Å². The van der Waals surface area contributed by atoms with Crippen LogP contribution in [0.2, 0.25) is 0 Å². The maximum atomic E-state index is 13.2. The minimum Gasteiger partial charge on any atom is -0.323 e. The van der Waals surface area contributed by atoms with Gasteiger partial charge in [-0.3, -0.25) is 4.90 Å². The molecular weight excluding hydrogens is 239 g/mol. The molecule has 0 saturated heterocycles. The van der Waals surface area contributed by atoms with Crippen molar-refractivity contribution in [3.8, 4) is 0 Å². The van der Waals surface area contributed by atoms with E-state index >= 15 is 0 Å². The van der Waals surface area contributed by atoms with Gasteiger partial charge >= 0.3 is 0 Å². The largest absolute Gasteiger partial charge is 0.323 e. The standard InChI is InChI=1S/C16H17FN2/c17-14-7-6-13-10-19(11-16(18)15(13)8-14)9-12-4-2-1-3-5-12/h1-8,16H,9-11,18H2. The summed E-state index contributed by atoms with van der Waals surface area (Å²) in [4.78, 5) is 2.31. The van der Waals surface area contributed by atoms with Crippen LogP contribution in [-0.2, 0) is 13.1 Å². The Bertz CT molecular complexity index is 568. The van der Waals surface area contributed by atoms with Crippen LogP contribution in [0.3, 0.4) is 0 Å². The van der Waals surface area contributed by atoms with Gasteiger partial charge in [0.05, 0.1) is 0 Å². The van der Waals surface area contributed by atoms with E-state index in [1.165, 1.54) is 11.6 Å². The van der Waals surface area contributed by atoms with E-state index in [-0.39, 0.29) is 11.9 Å². The molecule has 98 valence electrons. The van der Waals surface area contributed by atoms with Crippen LogP contribution in [0, 0.1) is 5.82 Å². The summed E-state index contributed by atoms with van der Waals surface area (Å²) in [7, 11) is 0. The Morgan fingerprint density at radius 3 is 2.74 bits per heavy atom. The first kappa shape index (κ1) is 12.3. The Kier molecular flexibility index (Phi) is 3.32. The lowest BCUT2D eigenvalue weighted by Gasteiger charge is -2.32. The van der Waals surface area contributed by atoms with E-state index in [4.69, 9.17) is 5.73 Å². The van der Waals surface area contributed by atoms with Crippen molar-refractivity contribution >= 4 is 0 Å². The van der Waals surface area contributed by atoms with Crippen LogP contribution in [0.25, 0.3) is 0 Å². The number of fused-ring (bicyclic) bond motifs is 1. The Labute approximate surface area is 112 Å². The van der Waals surface area contributed by atoms with Crippen molar-refractivity contribution in [3.63, 3.8) is 0 Å². The number of hydrogen-bond acceptors (Lipinski definition) is 2. The summed E-state index contributed by atoms with van der Waals surface area (Å²) in [6.07, 6.45) is 0. The lowest BCUT2D eigenvalue weighted by molar-refractivity contribution is 0.222. The molecule has 0 amide bonds. The number of nitrogens with two attached hydrogens (primary N) is 1. The predicted octanol–water partition coefficient (Wildman–Crippen LogP) is 2.84. The molecule has 1 heterocycles. The van der Waals surface area contributed by atoms with Gasteiger partial charge in [-0.05, 0) is 28.8 Å². The summed E-state index contributed by atoms with van der Waals surface area (Å²) >= 11 is 0. The quantitative estimate of drug-likeness (QED) is 0.895. The van der Waals surface area contributed by atoms with E-state index in [1.807, 2.05) is 24.3 Å². The summed E-state index contributed by atoms with van der Waals surface area (Å²) in [5, 5.41) is 0. The van der Waals surface area contributed by atoms with Crippen LogP contribution in [0.15, 0.2) is 48.5 Å². The second-order valence-corrected chi connectivity index (χ2v) is 5.10. The van der Waals surface area contributed by atoms with Crippen molar-refractivity contribution in [2.75, 3.05) is 6.54 Å². The molecule has 0 bridgehead atoms. The van der Waals surface area contributed by atoms with Gasteiger partial charge in [-0.25, -0.2) is 4.39 Å². The molecule has 0 radical (unpaired) electrons. The van der Waals surface area contributed by atoms with Gasteiger partial charge in [0, 0.05) is 25.7 Å². The van der Waals surface area contributed by atoms with Crippen LogP contribution >= 0.6 is 0 Å². The number of benzene rings is 2. The van der Waals surface area contributed by atoms with E-state index in [0.717, 1.165) is 30.8 Å². The Hall–Kier alpha value is -1.71. The predicted molar refractivity (Wildman–Crippen MR) is 73.9 cm³/mol. The van der Waals surface area contributed by atoms with E-state index in [1.54, 1.807) is 6.07 Å². The summed E-state index contributed by atoms with van der Waals surface area (Å²) < 4.78 is 13.2. The zero-order chi connectivity index (χ0) is 13.2. The van der Waals surface area contributed by atoms with Gasteiger partial charge in [-0.2, -0.15) is 0 Å². The van der Waals surface area contributed by atoms with Crippen LogP contribution in [0.1, 0.15) is 22.7 Å². The number of halogens is 1. The van der Waals surface area contributed by atoms with Gasteiger partial charge in [0.25, 0.3) is 0 Å². The molecule has 1 atom stereocenters. The Balaban J connectivity index is 1.80. The highest BCUT2D eigenvalue weighted by Gasteiger charge is 2.22. The third-order valence-electron chi connectivity index (χ3n) is 3.61. The average molecular weight is 256 g/mol. The number of hydrogen-bond donors (Lipinski definition) is 1. The third kappa shape index (κ3) is 2.67. The fourth-order valence-electron chi connectivity index (χ4n) is 2.70. The average Bonchev–Trinajstić information content (AvgIpc) is 2.41. The van der Waals surface area contributed by atoms with Crippen LogP contribution in [0.5, 0.6) is 0 Å². The smallest absolute Gasteiger partial charge is 0.123 e. The minimum absolute atomic E-state index is 0.108. The van der Waals surface area contributed by atoms with Crippen molar-refractivity contribution in [2.45, 2.75) is 19.1 Å². The molecule has 2 aromatic rings. The highest BCUT2D eigenvalue weighted by atomic mass is 19.1. The first-order valence-electron chi connectivity index (χ1n) is 6.52. The summed E-state index contributed by atoms with van der Waals surface area (Å²) in [5.41, 5.74) is 9.51. The van der Waals surface area contributed by atoms with E-state index in [9.17, 15) is 4.39 Å². The lowest BCUT2D eigenvalue weighted by Crippen LogP contribution is -2.36. The lowest BCUT2D eigenvalue weighted by atomic mass is 9.95. The second-order valence-electron chi connectivity index (χ2n) is 5.10. The molecule has 2 aromatic carbocycles. The fraction of sp³-hybridized carbons (Fsp3) is 0.250. The molecule has 3 rings (SSSR count). The van der Waals surface area contributed by atoms with Gasteiger partial charge in [-0.1, -0.05) is 36.4 Å². The van der Waals surface area contributed by atoms with Crippen molar-refractivity contribution in [1.29, 1.82) is 0 Å². The molecule has 1 aliphatic rings. The van der Waals surface area contributed by atoms with Crippen molar-refractivity contribution in [3.05, 3.63) is 71.0 Å². The molecule has 1 aliphatic heterocycles. The molecule has 0 aromatic heterocycles. The summed E-state index contributed by atoms with van der Waals surface area (Å²) in [5.74, 6) is -0.203. The zero-order valence-corrected chi connectivity index (χ0v) is 10.7. The van der Waals surface area contributed by atoms with Crippen LogP contribution < -0.4 is 5.73 Å². The molecule has 2 N–H and O–H groups in total. The summed E-state index contributed by atoms with van der Waals surface area (Å²) in [6.45, 7) is 2.48. The van der Waals surface area contributed by atoms with Gasteiger partial charge in [0.15, 0.2) is 0 Å². The molecule has 0 spiro atoms. The first-order valence-corrected chi connectivity index (χ1v) is 6.52. The number of rotatable bonds is 2. The molecule has 19 heavy (non-hydrogen) atoms. The highest BCUT2D eigenvalue weighted by molar-refractivity contribution is 5.33. The van der Waals surface area contributed by atoms with Crippen molar-refractivity contribution in [1.82, 2.24) is 4.90 Å². The number of nitrogens with zero attached hydrogens (tertiary/aromatic N) is 1. The molecule has 0 saturated carbocycles. The van der Waals surface area contributed by atoms with E-state index < -0.39 is 0 Å². The van der Waals surface area contributed by atoms with E-state index in [0.29, 0.717) is 0 Å². The molecule has 3 heteroatoms.